The lowest BCUT2D eigenvalue weighted by Crippen LogP contribution is -2.39. The molecule has 1 aromatic carbocycles. The zero-order chi connectivity index (χ0) is 17.0. The number of hydrogen-bond acceptors (Lipinski definition) is 3. The van der Waals surface area contributed by atoms with E-state index in [0.717, 1.165) is 5.39 Å². The van der Waals surface area contributed by atoms with E-state index >= 15 is 0 Å². The smallest absolute Gasteiger partial charge is 0.254 e. The van der Waals surface area contributed by atoms with Gasteiger partial charge in [0.2, 0.25) is 5.56 Å². The molecular weight excluding hydrogens is 292 g/mol. The van der Waals surface area contributed by atoms with Crippen molar-refractivity contribution in [3.63, 3.8) is 0 Å². The molecule has 0 saturated carbocycles. The summed E-state index contributed by atoms with van der Waals surface area (Å²) in [4.78, 5) is 29.3. The van der Waals surface area contributed by atoms with Crippen molar-refractivity contribution in [1.29, 1.82) is 0 Å². The van der Waals surface area contributed by atoms with Crippen molar-refractivity contribution in [3.8, 4) is 0 Å². The molecule has 5 nitrogen and oxygen atoms in total. The van der Waals surface area contributed by atoms with Gasteiger partial charge in [0.1, 0.15) is 0 Å². The van der Waals surface area contributed by atoms with Crippen molar-refractivity contribution in [3.05, 3.63) is 46.2 Å². The van der Waals surface area contributed by atoms with Crippen LogP contribution in [0.15, 0.2) is 35.1 Å². The van der Waals surface area contributed by atoms with Crippen LogP contribution in [0.4, 0.5) is 0 Å². The Morgan fingerprint density at radius 2 is 1.96 bits per heavy atom. The standard InChI is InChI=1S/C18H24N2O3/c1-18(2,3)12-20(9-6-10-21)17(23)14-11-16(22)19-15-8-5-4-7-13(14)15/h4-5,7-8,11,21H,6,9-10,12H2,1-3H3,(H,19,22). The number of carbonyl (C=O) groups is 1. The summed E-state index contributed by atoms with van der Waals surface area (Å²) in [6.07, 6.45) is 0.517. The van der Waals surface area contributed by atoms with Crippen molar-refractivity contribution in [1.82, 2.24) is 9.88 Å². The fourth-order valence-corrected chi connectivity index (χ4v) is 2.64. The van der Waals surface area contributed by atoms with Gasteiger partial charge in [0.05, 0.1) is 5.56 Å². The number of aliphatic hydroxyl groups is 1. The average molecular weight is 316 g/mol. The second-order valence-corrected chi connectivity index (χ2v) is 6.96. The van der Waals surface area contributed by atoms with Crippen molar-refractivity contribution in [2.24, 2.45) is 5.41 Å². The number of aromatic nitrogens is 1. The first-order valence-electron chi connectivity index (χ1n) is 7.84. The number of amides is 1. The van der Waals surface area contributed by atoms with E-state index in [1.807, 2.05) is 18.2 Å². The quantitative estimate of drug-likeness (QED) is 0.889. The summed E-state index contributed by atoms with van der Waals surface area (Å²) in [5.74, 6) is -0.171. The van der Waals surface area contributed by atoms with E-state index in [9.17, 15) is 9.59 Å². The number of hydrogen-bond donors (Lipinski definition) is 2. The molecule has 2 aromatic rings. The molecule has 23 heavy (non-hydrogen) atoms. The number of aliphatic hydroxyl groups excluding tert-OH is 1. The monoisotopic (exact) mass is 316 g/mol. The normalized spacial score (nSPS) is 11.7. The summed E-state index contributed by atoms with van der Waals surface area (Å²) in [6.45, 7) is 7.23. The van der Waals surface area contributed by atoms with E-state index in [4.69, 9.17) is 5.11 Å². The SMILES string of the molecule is CC(C)(C)CN(CCCO)C(=O)c1cc(=O)[nH]c2ccccc12. The predicted octanol–water partition coefficient (Wildman–Crippen LogP) is 2.40. The van der Waals surface area contributed by atoms with Crippen molar-refractivity contribution < 1.29 is 9.90 Å². The highest BCUT2D eigenvalue weighted by molar-refractivity contribution is 6.05. The Kier molecular flexibility index (Phi) is 5.21. The van der Waals surface area contributed by atoms with Crippen LogP contribution in [0, 0.1) is 5.41 Å². The van der Waals surface area contributed by atoms with Gasteiger partial charge in [0.15, 0.2) is 0 Å². The zero-order valence-electron chi connectivity index (χ0n) is 13.9. The molecule has 5 heteroatoms. The Morgan fingerprint density at radius 3 is 2.61 bits per heavy atom. The number of fused-ring (bicyclic) bond motifs is 1. The van der Waals surface area contributed by atoms with Gasteiger partial charge in [-0.15, -0.1) is 0 Å². The molecule has 0 fully saturated rings. The summed E-state index contributed by atoms with van der Waals surface area (Å²) in [5, 5.41) is 9.82. The van der Waals surface area contributed by atoms with E-state index in [2.05, 4.69) is 25.8 Å². The lowest BCUT2D eigenvalue weighted by atomic mass is 9.95. The molecule has 0 spiro atoms. The molecule has 0 aliphatic rings. The average Bonchev–Trinajstić information content (AvgIpc) is 2.48. The topological polar surface area (TPSA) is 73.4 Å². The number of nitrogens with one attached hydrogen (secondary N) is 1. The molecule has 0 saturated heterocycles. The van der Waals surface area contributed by atoms with Gasteiger partial charge in [-0.05, 0) is 17.9 Å². The van der Waals surface area contributed by atoms with Crippen LogP contribution in [0.2, 0.25) is 0 Å². The molecule has 124 valence electrons. The van der Waals surface area contributed by atoms with Crippen molar-refractivity contribution >= 4 is 16.8 Å². The van der Waals surface area contributed by atoms with Gasteiger partial charge in [0.25, 0.3) is 5.91 Å². The minimum atomic E-state index is -0.287. The summed E-state index contributed by atoms with van der Waals surface area (Å²) in [6, 6.07) is 8.65. The molecule has 0 unspecified atom stereocenters. The summed E-state index contributed by atoms with van der Waals surface area (Å²) < 4.78 is 0. The Labute approximate surface area is 135 Å². The molecule has 2 N–H and O–H groups in total. The van der Waals surface area contributed by atoms with Crippen LogP contribution in [0.1, 0.15) is 37.6 Å². The maximum atomic E-state index is 13.0. The molecule has 2 rings (SSSR count). The third kappa shape index (κ3) is 4.42. The van der Waals surface area contributed by atoms with E-state index in [1.165, 1.54) is 6.07 Å². The first-order chi connectivity index (χ1) is 10.8. The van der Waals surface area contributed by atoms with E-state index in [1.54, 1.807) is 11.0 Å². The maximum Gasteiger partial charge on any atom is 0.254 e. The molecule has 1 heterocycles. The zero-order valence-corrected chi connectivity index (χ0v) is 13.9. The summed E-state index contributed by atoms with van der Waals surface area (Å²) in [5.41, 5.74) is 0.708. The molecule has 0 atom stereocenters. The molecule has 0 aliphatic heterocycles. The number of rotatable bonds is 5. The largest absolute Gasteiger partial charge is 0.396 e. The molecule has 0 bridgehead atoms. The maximum absolute atomic E-state index is 13.0. The fourth-order valence-electron chi connectivity index (χ4n) is 2.64. The molecule has 1 amide bonds. The number of nitrogens with zero attached hydrogens (tertiary/aromatic N) is 1. The first kappa shape index (κ1) is 17.2. The Bertz CT molecular complexity index is 744. The highest BCUT2D eigenvalue weighted by Crippen LogP contribution is 2.20. The number of aromatic amines is 1. The van der Waals surface area contributed by atoms with Gasteiger partial charge in [-0.2, -0.15) is 0 Å². The van der Waals surface area contributed by atoms with Gasteiger partial charge in [-0.3, -0.25) is 9.59 Å². The van der Waals surface area contributed by atoms with Crippen LogP contribution >= 0.6 is 0 Å². The summed E-state index contributed by atoms with van der Waals surface area (Å²) in [7, 11) is 0. The van der Waals surface area contributed by atoms with Gasteiger partial charge < -0.3 is 15.0 Å². The summed E-state index contributed by atoms with van der Waals surface area (Å²) >= 11 is 0. The van der Waals surface area contributed by atoms with Crippen LogP contribution in [0.25, 0.3) is 10.9 Å². The second-order valence-electron chi connectivity index (χ2n) is 6.96. The van der Waals surface area contributed by atoms with Gasteiger partial charge in [0, 0.05) is 36.7 Å². The van der Waals surface area contributed by atoms with E-state index < -0.39 is 0 Å². The van der Waals surface area contributed by atoms with Crippen LogP contribution in [0.5, 0.6) is 0 Å². The molecule has 0 radical (unpaired) electrons. The lowest BCUT2D eigenvalue weighted by molar-refractivity contribution is 0.0684. The minimum absolute atomic E-state index is 0.0318. The number of benzene rings is 1. The number of H-pyrrole nitrogens is 1. The lowest BCUT2D eigenvalue weighted by Gasteiger charge is -2.30. The van der Waals surface area contributed by atoms with E-state index in [0.29, 0.717) is 30.6 Å². The predicted molar refractivity (Wildman–Crippen MR) is 91.6 cm³/mol. The number of pyridine rings is 1. The van der Waals surface area contributed by atoms with Crippen LogP contribution in [-0.4, -0.2) is 40.6 Å². The van der Waals surface area contributed by atoms with Crippen molar-refractivity contribution in [2.45, 2.75) is 27.2 Å². The second kappa shape index (κ2) is 6.96. The van der Waals surface area contributed by atoms with Crippen LogP contribution in [-0.2, 0) is 0 Å². The van der Waals surface area contributed by atoms with Gasteiger partial charge in [-0.1, -0.05) is 39.0 Å². The van der Waals surface area contributed by atoms with Gasteiger partial charge in [-0.25, -0.2) is 0 Å². The van der Waals surface area contributed by atoms with Crippen LogP contribution in [0.3, 0.4) is 0 Å². The Balaban J connectivity index is 2.45. The molecule has 0 aliphatic carbocycles. The molecular formula is C18H24N2O3. The van der Waals surface area contributed by atoms with E-state index in [-0.39, 0.29) is 23.5 Å². The van der Waals surface area contributed by atoms with Crippen molar-refractivity contribution in [2.75, 3.05) is 19.7 Å². The third-order valence-electron chi connectivity index (χ3n) is 3.52. The number of para-hydroxylation sites is 1. The highest BCUT2D eigenvalue weighted by Gasteiger charge is 2.23. The van der Waals surface area contributed by atoms with Gasteiger partial charge >= 0.3 is 0 Å². The first-order valence-corrected chi connectivity index (χ1v) is 7.84. The Morgan fingerprint density at radius 1 is 1.26 bits per heavy atom. The highest BCUT2D eigenvalue weighted by atomic mass is 16.3. The molecule has 1 aromatic heterocycles. The van der Waals surface area contributed by atoms with Crippen LogP contribution < -0.4 is 5.56 Å². The minimum Gasteiger partial charge on any atom is -0.396 e. The fraction of sp³-hybridized carbons (Fsp3) is 0.444. The third-order valence-corrected chi connectivity index (χ3v) is 3.52. The Hall–Kier alpha value is -2.14. The number of carbonyl (C=O) groups excluding carboxylic acids is 1.